The van der Waals surface area contributed by atoms with Crippen molar-refractivity contribution in [2.45, 2.75) is 24.3 Å². The highest BCUT2D eigenvalue weighted by molar-refractivity contribution is 7.89. The Morgan fingerprint density at radius 2 is 1.56 bits per heavy atom. The van der Waals surface area contributed by atoms with Crippen LogP contribution in [0.4, 0.5) is 0 Å². The van der Waals surface area contributed by atoms with Crippen LogP contribution < -0.4 is 0 Å². The molecule has 2 aromatic carbocycles. The Hall–Kier alpha value is -1.64. The Morgan fingerprint density at radius 3 is 2.19 bits per heavy atom. The molecule has 6 nitrogen and oxygen atoms in total. The molecule has 0 radical (unpaired) electrons. The average Bonchev–Trinajstić information content (AvgIpc) is 2.81. The number of piperidine rings is 1. The fraction of sp³-hybridized carbons (Fsp3) is 0.435. The van der Waals surface area contributed by atoms with Gasteiger partial charge in [0.2, 0.25) is 15.9 Å². The van der Waals surface area contributed by atoms with Crippen molar-refractivity contribution in [1.29, 1.82) is 0 Å². The van der Waals surface area contributed by atoms with Gasteiger partial charge in [-0.3, -0.25) is 9.69 Å². The van der Waals surface area contributed by atoms with Gasteiger partial charge in [-0.05, 0) is 55.8 Å². The van der Waals surface area contributed by atoms with Crippen LogP contribution >= 0.6 is 23.2 Å². The van der Waals surface area contributed by atoms with E-state index < -0.39 is 10.0 Å². The maximum atomic E-state index is 13.0. The molecule has 172 valence electrons. The lowest BCUT2D eigenvalue weighted by atomic mass is 9.94. The number of benzene rings is 2. The number of nitrogens with zero attached hydrogens (tertiary/aromatic N) is 3. The summed E-state index contributed by atoms with van der Waals surface area (Å²) in [7, 11) is -3.51. The summed E-state index contributed by atoms with van der Waals surface area (Å²) in [6.07, 6.45) is 1.60. The number of rotatable bonds is 5. The highest BCUT2D eigenvalue weighted by atomic mass is 35.5. The normalized spacial score (nSPS) is 19.2. The molecule has 1 amide bonds. The molecule has 2 aromatic rings. The van der Waals surface area contributed by atoms with Crippen LogP contribution in [0.3, 0.4) is 0 Å². The van der Waals surface area contributed by atoms with E-state index in [2.05, 4.69) is 4.90 Å². The monoisotopic (exact) mass is 495 g/mol. The van der Waals surface area contributed by atoms with Gasteiger partial charge in [0.15, 0.2) is 0 Å². The minimum absolute atomic E-state index is 0.00998. The second-order valence-corrected chi connectivity index (χ2v) is 11.1. The Kier molecular flexibility index (Phi) is 7.42. The molecule has 0 bridgehead atoms. The molecule has 0 atom stereocenters. The first-order chi connectivity index (χ1) is 15.3. The molecule has 0 spiro atoms. The first-order valence-electron chi connectivity index (χ1n) is 10.8. The van der Waals surface area contributed by atoms with Crippen LogP contribution in [0.1, 0.15) is 18.4 Å². The van der Waals surface area contributed by atoms with Crippen LogP contribution in [0.2, 0.25) is 10.0 Å². The Balaban J connectivity index is 1.27. The zero-order valence-corrected chi connectivity index (χ0v) is 20.1. The lowest BCUT2D eigenvalue weighted by molar-refractivity contribution is -0.138. The fourth-order valence-corrected chi connectivity index (χ4v) is 6.29. The summed E-state index contributed by atoms with van der Waals surface area (Å²) in [5.41, 5.74) is 1.04. The number of amides is 1. The van der Waals surface area contributed by atoms with Gasteiger partial charge in [0.05, 0.1) is 4.90 Å². The van der Waals surface area contributed by atoms with E-state index in [9.17, 15) is 13.2 Å². The minimum Gasteiger partial charge on any atom is -0.340 e. The summed E-state index contributed by atoms with van der Waals surface area (Å²) in [6.45, 7) is 3.94. The van der Waals surface area contributed by atoms with Crippen molar-refractivity contribution in [3.05, 3.63) is 64.1 Å². The van der Waals surface area contributed by atoms with Gasteiger partial charge in [-0.25, -0.2) is 8.42 Å². The van der Waals surface area contributed by atoms with Crippen molar-refractivity contribution in [1.82, 2.24) is 14.1 Å². The summed E-state index contributed by atoms with van der Waals surface area (Å²) in [5, 5.41) is 1.29. The van der Waals surface area contributed by atoms with E-state index in [0.29, 0.717) is 41.1 Å². The Labute approximate surface area is 199 Å². The average molecular weight is 496 g/mol. The third-order valence-electron chi connectivity index (χ3n) is 6.28. The summed E-state index contributed by atoms with van der Waals surface area (Å²) >= 11 is 12.3. The minimum atomic E-state index is -3.51. The molecule has 0 saturated carbocycles. The maximum Gasteiger partial charge on any atom is 0.243 e. The number of piperazine rings is 1. The second-order valence-electron chi connectivity index (χ2n) is 8.33. The standard InChI is InChI=1S/C23H27Cl2N3O3S/c24-20-7-6-19(22(25)16-20)17-26-10-8-18(9-11-26)23(29)27-12-14-28(15-13-27)32(30,31)21-4-2-1-3-5-21/h1-7,16,18H,8-15,17H2. The van der Waals surface area contributed by atoms with E-state index in [1.54, 1.807) is 36.4 Å². The molecular formula is C23H27Cl2N3O3S. The Morgan fingerprint density at radius 1 is 0.906 bits per heavy atom. The van der Waals surface area contributed by atoms with Crippen LogP contribution in [0, 0.1) is 5.92 Å². The topological polar surface area (TPSA) is 60.9 Å². The summed E-state index contributed by atoms with van der Waals surface area (Å²) in [4.78, 5) is 17.5. The second kappa shape index (κ2) is 10.1. The first-order valence-corrected chi connectivity index (χ1v) is 13.0. The van der Waals surface area contributed by atoms with Gasteiger partial charge in [-0.2, -0.15) is 4.31 Å². The molecule has 4 rings (SSSR count). The predicted molar refractivity (Wildman–Crippen MR) is 126 cm³/mol. The summed E-state index contributed by atoms with van der Waals surface area (Å²) in [6, 6.07) is 14.0. The van der Waals surface area contributed by atoms with Crippen LogP contribution in [0.5, 0.6) is 0 Å². The van der Waals surface area contributed by atoms with E-state index in [4.69, 9.17) is 23.2 Å². The molecule has 2 aliphatic rings. The van der Waals surface area contributed by atoms with Crippen molar-refractivity contribution >= 4 is 39.1 Å². The van der Waals surface area contributed by atoms with Crippen molar-refractivity contribution in [2.75, 3.05) is 39.3 Å². The Bertz CT molecular complexity index is 1050. The number of halogens is 2. The molecule has 32 heavy (non-hydrogen) atoms. The largest absolute Gasteiger partial charge is 0.340 e. The third kappa shape index (κ3) is 5.29. The van der Waals surface area contributed by atoms with Gasteiger partial charge in [0.25, 0.3) is 0 Å². The van der Waals surface area contributed by atoms with E-state index in [-0.39, 0.29) is 11.8 Å². The number of carbonyl (C=O) groups excluding carboxylic acids is 1. The van der Waals surface area contributed by atoms with Crippen molar-refractivity contribution < 1.29 is 13.2 Å². The van der Waals surface area contributed by atoms with Gasteiger partial charge in [0, 0.05) is 48.7 Å². The summed E-state index contributed by atoms with van der Waals surface area (Å²) < 4.78 is 27.1. The number of hydrogen-bond donors (Lipinski definition) is 0. The molecule has 2 aliphatic heterocycles. The number of sulfonamides is 1. The molecule has 0 unspecified atom stereocenters. The highest BCUT2D eigenvalue weighted by Crippen LogP contribution is 2.26. The molecule has 0 aromatic heterocycles. The molecule has 0 N–H and O–H groups in total. The quantitative estimate of drug-likeness (QED) is 0.633. The molecule has 0 aliphatic carbocycles. The van der Waals surface area contributed by atoms with Gasteiger partial charge < -0.3 is 4.90 Å². The lowest BCUT2D eigenvalue weighted by Gasteiger charge is -2.38. The maximum absolute atomic E-state index is 13.0. The SMILES string of the molecule is O=C(C1CCN(Cc2ccc(Cl)cc2Cl)CC1)N1CCN(S(=O)(=O)c2ccccc2)CC1. The highest BCUT2D eigenvalue weighted by Gasteiger charge is 2.33. The smallest absolute Gasteiger partial charge is 0.243 e. The van der Waals surface area contributed by atoms with Crippen molar-refractivity contribution in [2.24, 2.45) is 5.92 Å². The van der Waals surface area contributed by atoms with Crippen molar-refractivity contribution in [3.63, 3.8) is 0 Å². The first kappa shape index (κ1) is 23.5. The van der Waals surface area contributed by atoms with Crippen LogP contribution in [0.15, 0.2) is 53.4 Å². The van der Waals surface area contributed by atoms with Gasteiger partial charge in [0.1, 0.15) is 0 Å². The molecule has 9 heteroatoms. The predicted octanol–water partition coefficient (Wildman–Crippen LogP) is 3.74. The number of carbonyl (C=O) groups is 1. The zero-order valence-electron chi connectivity index (χ0n) is 17.8. The van der Waals surface area contributed by atoms with Gasteiger partial charge in [-0.1, -0.05) is 47.5 Å². The van der Waals surface area contributed by atoms with E-state index >= 15 is 0 Å². The van der Waals surface area contributed by atoms with E-state index in [1.807, 2.05) is 17.0 Å². The van der Waals surface area contributed by atoms with Crippen LogP contribution in [-0.2, 0) is 21.4 Å². The molecule has 2 saturated heterocycles. The molecular weight excluding hydrogens is 469 g/mol. The third-order valence-corrected chi connectivity index (χ3v) is 8.78. The fourth-order valence-electron chi connectivity index (χ4n) is 4.38. The molecule has 2 fully saturated rings. The summed E-state index contributed by atoms with van der Waals surface area (Å²) in [5.74, 6) is 0.134. The van der Waals surface area contributed by atoms with Crippen molar-refractivity contribution in [3.8, 4) is 0 Å². The lowest BCUT2D eigenvalue weighted by Crippen LogP contribution is -2.52. The van der Waals surface area contributed by atoms with Crippen LogP contribution in [-0.4, -0.2) is 67.7 Å². The number of hydrogen-bond acceptors (Lipinski definition) is 4. The van der Waals surface area contributed by atoms with E-state index in [0.717, 1.165) is 38.0 Å². The molecule has 2 heterocycles. The number of likely N-dealkylation sites (tertiary alicyclic amines) is 1. The van der Waals surface area contributed by atoms with E-state index in [1.165, 1.54) is 4.31 Å². The van der Waals surface area contributed by atoms with Gasteiger partial charge >= 0.3 is 0 Å². The van der Waals surface area contributed by atoms with Crippen LogP contribution in [0.25, 0.3) is 0 Å². The van der Waals surface area contributed by atoms with Gasteiger partial charge in [-0.15, -0.1) is 0 Å². The zero-order chi connectivity index (χ0) is 22.7.